The van der Waals surface area contributed by atoms with Crippen LogP contribution in [0, 0.1) is 11.6 Å². The van der Waals surface area contributed by atoms with Gasteiger partial charge in [-0.15, -0.1) is 0 Å². The van der Waals surface area contributed by atoms with Crippen molar-refractivity contribution >= 4 is 6.03 Å². The molecule has 0 aliphatic carbocycles. The highest BCUT2D eigenvalue weighted by Crippen LogP contribution is 2.08. The lowest BCUT2D eigenvalue weighted by molar-refractivity contribution is 0.163. The highest BCUT2D eigenvalue weighted by molar-refractivity contribution is 5.73. The van der Waals surface area contributed by atoms with Gasteiger partial charge in [0.15, 0.2) is 0 Å². The van der Waals surface area contributed by atoms with Gasteiger partial charge in [0.1, 0.15) is 11.6 Å². The van der Waals surface area contributed by atoms with E-state index in [4.69, 9.17) is 5.11 Å². The molecule has 0 radical (unpaired) electrons. The SMILES string of the molecule is CC(O)CCN(C)C(=O)NCCc1cc(F)cc(F)c1. The van der Waals surface area contributed by atoms with Crippen molar-refractivity contribution in [2.75, 3.05) is 20.1 Å². The number of amides is 2. The van der Waals surface area contributed by atoms with Crippen LogP contribution >= 0.6 is 0 Å². The van der Waals surface area contributed by atoms with E-state index in [1.54, 1.807) is 14.0 Å². The van der Waals surface area contributed by atoms with E-state index in [2.05, 4.69) is 5.32 Å². The van der Waals surface area contributed by atoms with Crippen molar-refractivity contribution in [1.29, 1.82) is 0 Å². The lowest BCUT2D eigenvalue weighted by Crippen LogP contribution is -2.39. The number of rotatable bonds is 6. The number of urea groups is 1. The van der Waals surface area contributed by atoms with E-state index in [0.29, 0.717) is 31.5 Å². The number of hydrogen-bond acceptors (Lipinski definition) is 2. The third-order valence-electron chi connectivity index (χ3n) is 2.84. The topological polar surface area (TPSA) is 52.6 Å². The maximum atomic E-state index is 13.0. The summed E-state index contributed by atoms with van der Waals surface area (Å²) >= 11 is 0. The molecule has 20 heavy (non-hydrogen) atoms. The number of nitrogens with one attached hydrogen (secondary N) is 1. The minimum Gasteiger partial charge on any atom is -0.393 e. The van der Waals surface area contributed by atoms with Gasteiger partial charge in [0.25, 0.3) is 0 Å². The molecule has 0 saturated heterocycles. The summed E-state index contributed by atoms with van der Waals surface area (Å²) in [6.07, 6.45) is 0.393. The van der Waals surface area contributed by atoms with E-state index < -0.39 is 17.7 Å². The maximum Gasteiger partial charge on any atom is 0.317 e. The molecule has 0 bridgehead atoms. The number of aliphatic hydroxyl groups excluding tert-OH is 1. The summed E-state index contributed by atoms with van der Waals surface area (Å²) in [6, 6.07) is 3.02. The third-order valence-corrected chi connectivity index (χ3v) is 2.84. The van der Waals surface area contributed by atoms with Gasteiger partial charge in [0.05, 0.1) is 6.10 Å². The van der Waals surface area contributed by atoms with Crippen molar-refractivity contribution < 1.29 is 18.7 Å². The number of hydrogen-bond donors (Lipinski definition) is 2. The zero-order valence-electron chi connectivity index (χ0n) is 11.7. The summed E-state index contributed by atoms with van der Waals surface area (Å²) in [6.45, 7) is 2.39. The van der Waals surface area contributed by atoms with E-state index in [-0.39, 0.29) is 6.03 Å². The molecule has 1 atom stereocenters. The summed E-state index contributed by atoms with van der Waals surface area (Å²) in [5.74, 6) is -1.25. The lowest BCUT2D eigenvalue weighted by atomic mass is 10.1. The Kier molecular flexibility index (Phi) is 6.38. The summed E-state index contributed by atoms with van der Waals surface area (Å²) in [4.78, 5) is 13.1. The Balaban J connectivity index is 2.34. The molecule has 0 fully saturated rings. The molecule has 1 aromatic carbocycles. The largest absolute Gasteiger partial charge is 0.393 e. The summed E-state index contributed by atoms with van der Waals surface area (Å²) in [5, 5.41) is 11.8. The van der Waals surface area contributed by atoms with Crippen LogP contribution in [0.3, 0.4) is 0 Å². The zero-order chi connectivity index (χ0) is 15.1. The van der Waals surface area contributed by atoms with Crippen molar-refractivity contribution in [2.45, 2.75) is 25.9 Å². The maximum absolute atomic E-state index is 13.0. The Morgan fingerprint density at radius 2 is 1.95 bits per heavy atom. The van der Waals surface area contributed by atoms with Crippen LogP contribution in [0.15, 0.2) is 18.2 Å². The minimum absolute atomic E-state index is 0.275. The number of carbonyl (C=O) groups is 1. The number of benzene rings is 1. The van der Waals surface area contributed by atoms with Gasteiger partial charge in [-0.25, -0.2) is 13.6 Å². The Labute approximate surface area is 117 Å². The van der Waals surface area contributed by atoms with Gasteiger partial charge in [0, 0.05) is 26.2 Å². The first kappa shape index (κ1) is 16.4. The Morgan fingerprint density at radius 1 is 1.35 bits per heavy atom. The zero-order valence-corrected chi connectivity index (χ0v) is 11.7. The predicted octanol–water partition coefficient (Wildman–Crippen LogP) is 1.92. The van der Waals surface area contributed by atoms with E-state index >= 15 is 0 Å². The molecule has 2 amide bonds. The van der Waals surface area contributed by atoms with Gasteiger partial charge in [-0.2, -0.15) is 0 Å². The van der Waals surface area contributed by atoms with E-state index in [0.717, 1.165) is 6.07 Å². The number of nitrogens with zero attached hydrogens (tertiary/aromatic N) is 1. The van der Waals surface area contributed by atoms with Crippen molar-refractivity contribution in [2.24, 2.45) is 0 Å². The van der Waals surface area contributed by atoms with Crippen molar-refractivity contribution in [1.82, 2.24) is 10.2 Å². The normalized spacial score (nSPS) is 12.1. The average Bonchev–Trinajstić information content (AvgIpc) is 2.34. The van der Waals surface area contributed by atoms with E-state index in [1.165, 1.54) is 17.0 Å². The smallest absolute Gasteiger partial charge is 0.317 e. The molecule has 1 rings (SSSR count). The molecule has 4 nitrogen and oxygen atoms in total. The van der Waals surface area contributed by atoms with Gasteiger partial charge in [0.2, 0.25) is 0 Å². The molecule has 1 aromatic rings. The van der Waals surface area contributed by atoms with Crippen LogP contribution in [-0.4, -0.2) is 42.3 Å². The van der Waals surface area contributed by atoms with Gasteiger partial charge in [-0.3, -0.25) is 0 Å². The van der Waals surface area contributed by atoms with E-state index in [1.807, 2.05) is 0 Å². The second-order valence-corrected chi connectivity index (χ2v) is 4.82. The second-order valence-electron chi connectivity index (χ2n) is 4.82. The second kappa shape index (κ2) is 7.79. The molecule has 6 heteroatoms. The fraction of sp³-hybridized carbons (Fsp3) is 0.500. The van der Waals surface area contributed by atoms with Crippen molar-refractivity contribution in [3.63, 3.8) is 0 Å². The van der Waals surface area contributed by atoms with Crippen LogP contribution in [0.4, 0.5) is 13.6 Å². The highest BCUT2D eigenvalue weighted by Gasteiger charge is 2.09. The third kappa shape index (κ3) is 5.97. The first-order chi connectivity index (χ1) is 9.38. The highest BCUT2D eigenvalue weighted by atomic mass is 19.1. The first-order valence-electron chi connectivity index (χ1n) is 6.50. The van der Waals surface area contributed by atoms with Crippen molar-refractivity contribution in [3.8, 4) is 0 Å². The number of aliphatic hydroxyl groups is 1. The number of carbonyl (C=O) groups excluding carboxylic acids is 1. The molecule has 0 aliphatic heterocycles. The average molecular weight is 286 g/mol. The van der Waals surface area contributed by atoms with Gasteiger partial charge < -0.3 is 15.3 Å². The monoisotopic (exact) mass is 286 g/mol. The van der Waals surface area contributed by atoms with Crippen LogP contribution in [-0.2, 0) is 6.42 Å². The summed E-state index contributed by atoms with van der Waals surface area (Å²) in [5.41, 5.74) is 0.495. The fourth-order valence-electron chi connectivity index (χ4n) is 1.69. The summed E-state index contributed by atoms with van der Waals surface area (Å²) in [7, 11) is 1.62. The minimum atomic E-state index is -0.625. The molecule has 112 valence electrons. The Morgan fingerprint density at radius 3 is 2.50 bits per heavy atom. The molecule has 1 unspecified atom stereocenters. The summed E-state index contributed by atoms with van der Waals surface area (Å²) < 4.78 is 25.9. The lowest BCUT2D eigenvalue weighted by Gasteiger charge is -2.18. The van der Waals surface area contributed by atoms with Crippen LogP contribution in [0.25, 0.3) is 0 Å². The molecule has 0 spiro atoms. The van der Waals surface area contributed by atoms with Gasteiger partial charge >= 0.3 is 6.03 Å². The molecule has 2 N–H and O–H groups in total. The molecule has 0 aliphatic rings. The fourth-order valence-corrected chi connectivity index (χ4v) is 1.69. The molecule has 0 heterocycles. The van der Waals surface area contributed by atoms with Crippen LogP contribution < -0.4 is 5.32 Å². The number of halogens is 2. The van der Waals surface area contributed by atoms with Crippen LogP contribution in [0.1, 0.15) is 18.9 Å². The predicted molar refractivity (Wildman–Crippen MR) is 72.4 cm³/mol. The Hall–Kier alpha value is -1.69. The first-order valence-corrected chi connectivity index (χ1v) is 6.50. The van der Waals surface area contributed by atoms with Crippen molar-refractivity contribution in [3.05, 3.63) is 35.4 Å². The standard InChI is InChI=1S/C14H20F2N2O2/c1-10(19)4-6-18(2)14(20)17-5-3-11-7-12(15)9-13(16)8-11/h7-10,19H,3-6H2,1-2H3,(H,17,20). The molecule has 0 aromatic heterocycles. The van der Waals surface area contributed by atoms with Crippen LogP contribution in [0.5, 0.6) is 0 Å². The van der Waals surface area contributed by atoms with Gasteiger partial charge in [-0.05, 0) is 37.5 Å². The quantitative estimate of drug-likeness (QED) is 0.839. The molecule has 0 saturated carbocycles. The Bertz CT molecular complexity index is 433. The van der Waals surface area contributed by atoms with E-state index in [9.17, 15) is 13.6 Å². The van der Waals surface area contributed by atoms with Gasteiger partial charge in [-0.1, -0.05) is 0 Å². The van der Waals surface area contributed by atoms with Crippen LogP contribution in [0.2, 0.25) is 0 Å². The molecular formula is C14H20F2N2O2. The molecular weight excluding hydrogens is 266 g/mol.